The van der Waals surface area contributed by atoms with Gasteiger partial charge in [-0.1, -0.05) is 18.6 Å². The number of hydrogen-bond donors (Lipinski definition) is 2. The highest BCUT2D eigenvalue weighted by molar-refractivity contribution is 5.76. The molecule has 1 aromatic rings. The van der Waals surface area contributed by atoms with E-state index in [0.29, 0.717) is 25.2 Å². The van der Waals surface area contributed by atoms with Crippen LogP contribution in [0.1, 0.15) is 43.4 Å². The predicted molar refractivity (Wildman–Crippen MR) is 73.1 cm³/mol. The van der Waals surface area contributed by atoms with E-state index in [1.54, 1.807) is 0 Å². The van der Waals surface area contributed by atoms with E-state index in [1.807, 2.05) is 32.0 Å². The number of ether oxygens (including phenoxy) is 1. The van der Waals surface area contributed by atoms with Crippen LogP contribution in [0.25, 0.3) is 0 Å². The Bertz CT molecular complexity index is 459. The van der Waals surface area contributed by atoms with E-state index in [1.165, 1.54) is 0 Å². The molecule has 4 nitrogen and oxygen atoms in total. The molecule has 1 amide bonds. The fourth-order valence-electron chi connectivity index (χ4n) is 2.36. The van der Waals surface area contributed by atoms with Crippen molar-refractivity contribution < 1.29 is 14.6 Å². The summed E-state index contributed by atoms with van der Waals surface area (Å²) in [7, 11) is 0. The van der Waals surface area contributed by atoms with E-state index in [2.05, 4.69) is 5.32 Å². The maximum absolute atomic E-state index is 11.7. The summed E-state index contributed by atoms with van der Waals surface area (Å²) in [6, 6.07) is 5.48. The zero-order valence-corrected chi connectivity index (χ0v) is 11.5. The number of fused-ring (bicyclic) bond motifs is 1. The lowest BCUT2D eigenvalue weighted by Crippen LogP contribution is -2.39. The molecule has 2 N–H and O–H groups in total. The quantitative estimate of drug-likeness (QED) is 0.878. The van der Waals surface area contributed by atoms with Crippen molar-refractivity contribution in [3.8, 4) is 5.75 Å². The molecule has 1 heterocycles. The second-order valence-electron chi connectivity index (χ2n) is 5.05. The van der Waals surface area contributed by atoms with Gasteiger partial charge in [0.05, 0.1) is 12.6 Å². The standard InChI is InChI=1S/C15H21NO3/c1-3-4-14(17)16-12-7-8-19-13-6-5-10(2)9-11(13)15(12)18/h5-6,9,12,15,18H,3-4,7-8H2,1-2H3,(H,16,17). The maximum Gasteiger partial charge on any atom is 0.220 e. The van der Waals surface area contributed by atoms with Crippen LogP contribution in [0.5, 0.6) is 5.75 Å². The van der Waals surface area contributed by atoms with Crippen LogP contribution in [0.3, 0.4) is 0 Å². The van der Waals surface area contributed by atoms with Crippen LogP contribution in [0.2, 0.25) is 0 Å². The van der Waals surface area contributed by atoms with E-state index in [0.717, 1.165) is 17.5 Å². The van der Waals surface area contributed by atoms with Crippen molar-refractivity contribution in [1.29, 1.82) is 0 Å². The number of aryl methyl sites for hydroxylation is 1. The van der Waals surface area contributed by atoms with Crippen molar-refractivity contribution in [3.63, 3.8) is 0 Å². The van der Waals surface area contributed by atoms with Crippen LogP contribution in [0, 0.1) is 6.92 Å². The molecular weight excluding hydrogens is 242 g/mol. The third-order valence-electron chi connectivity index (χ3n) is 3.37. The zero-order valence-electron chi connectivity index (χ0n) is 11.5. The Kier molecular flexibility index (Phi) is 4.43. The van der Waals surface area contributed by atoms with Crippen LogP contribution in [0.4, 0.5) is 0 Å². The average molecular weight is 263 g/mol. The molecule has 2 atom stereocenters. The second kappa shape index (κ2) is 6.06. The van der Waals surface area contributed by atoms with Gasteiger partial charge in [-0.05, 0) is 25.5 Å². The van der Waals surface area contributed by atoms with Crippen molar-refractivity contribution in [1.82, 2.24) is 5.32 Å². The minimum Gasteiger partial charge on any atom is -0.493 e. The first kappa shape index (κ1) is 13.9. The number of nitrogens with one attached hydrogen (secondary N) is 1. The van der Waals surface area contributed by atoms with Crippen LogP contribution in [-0.2, 0) is 4.79 Å². The van der Waals surface area contributed by atoms with Crippen molar-refractivity contribution >= 4 is 5.91 Å². The SMILES string of the molecule is CCCC(=O)NC1CCOc2ccc(C)cc2C1O. The minimum absolute atomic E-state index is 0.0114. The first-order valence-corrected chi connectivity index (χ1v) is 6.82. The monoisotopic (exact) mass is 263 g/mol. The Morgan fingerprint density at radius 1 is 1.53 bits per heavy atom. The van der Waals surface area contributed by atoms with Gasteiger partial charge < -0.3 is 15.2 Å². The van der Waals surface area contributed by atoms with Crippen LogP contribution >= 0.6 is 0 Å². The van der Waals surface area contributed by atoms with Gasteiger partial charge in [-0.2, -0.15) is 0 Å². The normalized spacial score (nSPS) is 22.1. The molecule has 4 heteroatoms. The van der Waals surface area contributed by atoms with Gasteiger partial charge in [0.15, 0.2) is 0 Å². The maximum atomic E-state index is 11.7. The number of rotatable bonds is 3. The van der Waals surface area contributed by atoms with Crippen molar-refractivity contribution in [3.05, 3.63) is 29.3 Å². The van der Waals surface area contributed by atoms with Crippen molar-refractivity contribution in [2.24, 2.45) is 0 Å². The molecule has 0 saturated heterocycles. The Labute approximate surface area is 113 Å². The highest BCUT2D eigenvalue weighted by atomic mass is 16.5. The molecule has 0 spiro atoms. The van der Waals surface area contributed by atoms with Gasteiger partial charge >= 0.3 is 0 Å². The molecule has 1 aliphatic rings. The number of aliphatic hydroxyl groups is 1. The Morgan fingerprint density at radius 3 is 3.05 bits per heavy atom. The van der Waals surface area contributed by atoms with Crippen molar-refractivity contribution in [2.75, 3.05) is 6.61 Å². The lowest BCUT2D eigenvalue weighted by Gasteiger charge is -2.22. The van der Waals surface area contributed by atoms with Crippen LogP contribution < -0.4 is 10.1 Å². The molecule has 104 valence electrons. The van der Waals surface area contributed by atoms with E-state index >= 15 is 0 Å². The third-order valence-corrected chi connectivity index (χ3v) is 3.37. The molecule has 1 aliphatic heterocycles. The minimum atomic E-state index is -0.710. The van der Waals surface area contributed by atoms with E-state index in [9.17, 15) is 9.90 Å². The van der Waals surface area contributed by atoms with Gasteiger partial charge in [0.1, 0.15) is 11.9 Å². The summed E-state index contributed by atoms with van der Waals surface area (Å²) >= 11 is 0. The lowest BCUT2D eigenvalue weighted by molar-refractivity contribution is -0.122. The largest absolute Gasteiger partial charge is 0.493 e. The smallest absolute Gasteiger partial charge is 0.220 e. The second-order valence-corrected chi connectivity index (χ2v) is 5.05. The summed E-state index contributed by atoms with van der Waals surface area (Å²) in [5.74, 6) is 0.702. The summed E-state index contributed by atoms with van der Waals surface area (Å²) < 4.78 is 5.63. The first-order chi connectivity index (χ1) is 9.11. The van der Waals surface area contributed by atoms with Gasteiger partial charge in [-0.15, -0.1) is 0 Å². The third kappa shape index (κ3) is 3.26. The van der Waals surface area contributed by atoms with E-state index in [4.69, 9.17) is 4.74 Å². The van der Waals surface area contributed by atoms with E-state index in [-0.39, 0.29) is 11.9 Å². The highest BCUT2D eigenvalue weighted by Crippen LogP contribution is 2.32. The summed E-state index contributed by atoms with van der Waals surface area (Å²) in [4.78, 5) is 11.7. The summed E-state index contributed by atoms with van der Waals surface area (Å²) in [5.41, 5.74) is 1.83. The summed E-state index contributed by atoms with van der Waals surface area (Å²) in [6.07, 6.45) is 1.20. The Balaban J connectivity index is 2.18. The number of carbonyl (C=O) groups excluding carboxylic acids is 1. The van der Waals surface area contributed by atoms with Gasteiger partial charge in [0, 0.05) is 18.4 Å². The van der Waals surface area contributed by atoms with Gasteiger partial charge in [-0.3, -0.25) is 4.79 Å². The predicted octanol–water partition coefficient (Wildman–Crippen LogP) is 2.10. The van der Waals surface area contributed by atoms with Gasteiger partial charge in [0.25, 0.3) is 0 Å². The molecule has 0 radical (unpaired) electrons. The van der Waals surface area contributed by atoms with Gasteiger partial charge in [0.2, 0.25) is 5.91 Å². The molecule has 0 aromatic heterocycles. The fourth-order valence-corrected chi connectivity index (χ4v) is 2.36. The number of amides is 1. The molecule has 0 saturated carbocycles. The van der Waals surface area contributed by atoms with Gasteiger partial charge in [-0.25, -0.2) is 0 Å². The van der Waals surface area contributed by atoms with Crippen molar-refractivity contribution in [2.45, 2.75) is 45.3 Å². The molecule has 0 fully saturated rings. The molecular formula is C15H21NO3. The number of benzene rings is 1. The fraction of sp³-hybridized carbons (Fsp3) is 0.533. The topological polar surface area (TPSA) is 58.6 Å². The highest BCUT2D eigenvalue weighted by Gasteiger charge is 2.28. The van der Waals surface area contributed by atoms with Crippen LogP contribution in [-0.4, -0.2) is 23.7 Å². The Morgan fingerprint density at radius 2 is 2.32 bits per heavy atom. The number of carbonyl (C=O) groups is 1. The zero-order chi connectivity index (χ0) is 13.8. The molecule has 2 unspecified atom stereocenters. The number of hydrogen-bond acceptors (Lipinski definition) is 3. The van der Waals surface area contributed by atoms with Crippen LogP contribution in [0.15, 0.2) is 18.2 Å². The summed E-state index contributed by atoms with van der Waals surface area (Å²) in [5, 5.41) is 13.3. The molecule has 19 heavy (non-hydrogen) atoms. The number of aliphatic hydroxyl groups excluding tert-OH is 1. The first-order valence-electron chi connectivity index (χ1n) is 6.82. The van der Waals surface area contributed by atoms with E-state index < -0.39 is 6.10 Å². The summed E-state index contributed by atoms with van der Waals surface area (Å²) in [6.45, 7) is 4.44. The molecule has 0 bridgehead atoms. The Hall–Kier alpha value is -1.55. The average Bonchev–Trinajstić information content (AvgIpc) is 2.51. The molecule has 2 rings (SSSR count). The molecule has 0 aliphatic carbocycles. The lowest BCUT2D eigenvalue weighted by atomic mass is 9.98. The molecule has 1 aromatic carbocycles.